The second-order valence-electron chi connectivity index (χ2n) is 5.06. The van der Waals surface area contributed by atoms with Gasteiger partial charge in [-0.2, -0.15) is 0 Å². The number of aliphatic hydroxyl groups is 2. The van der Waals surface area contributed by atoms with Crippen LogP contribution in [-0.2, 0) is 0 Å². The molecule has 2 N–H and O–H groups in total. The first kappa shape index (κ1) is 15.4. The number of rotatable bonds is 7. The monoisotopic (exact) mass is 226 g/mol. The molecule has 0 aliphatic carbocycles. The van der Waals surface area contributed by atoms with E-state index < -0.39 is 5.60 Å². The lowest BCUT2D eigenvalue weighted by Crippen LogP contribution is -2.28. The molecule has 1 atom stereocenters. The molecule has 0 amide bonds. The van der Waals surface area contributed by atoms with Gasteiger partial charge in [-0.15, -0.1) is 0 Å². The zero-order valence-electron chi connectivity index (χ0n) is 11.1. The Morgan fingerprint density at radius 3 is 2.25 bits per heavy atom. The van der Waals surface area contributed by atoms with Crippen LogP contribution in [0.4, 0.5) is 0 Å². The molecule has 0 rings (SSSR count). The van der Waals surface area contributed by atoms with Crippen LogP contribution in [0.5, 0.6) is 0 Å². The summed E-state index contributed by atoms with van der Waals surface area (Å²) in [4.78, 5) is 0. The highest BCUT2D eigenvalue weighted by molar-refractivity contribution is 5.02. The average molecular weight is 226 g/mol. The fourth-order valence-electron chi connectivity index (χ4n) is 1.40. The van der Waals surface area contributed by atoms with Crippen molar-refractivity contribution in [2.24, 2.45) is 0 Å². The smallest absolute Gasteiger partial charge is 0.0852 e. The van der Waals surface area contributed by atoms with Gasteiger partial charge in [0.25, 0.3) is 0 Å². The van der Waals surface area contributed by atoms with Gasteiger partial charge >= 0.3 is 0 Å². The summed E-state index contributed by atoms with van der Waals surface area (Å²) in [5, 5.41) is 18.5. The molecule has 16 heavy (non-hydrogen) atoms. The maximum Gasteiger partial charge on any atom is 0.0852 e. The van der Waals surface area contributed by atoms with Gasteiger partial charge in [-0.05, 0) is 53.4 Å². The molecule has 0 saturated carbocycles. The Morgan fingerprint density at radius 2 is 1.75 bits per heavy atom. The Labute approximate surface area is 99.7 Å². The van der Waals surface area contributed by atoms with E-state index in [1.165, 1.54) is 11.1 Å². The van der Waals surface area contributed by atoms with Crippen molar-refractivity contribution >= 4 is 0 Å². The van der Waals surface area contributed by atoms with Crippen LogP contribution < -0.4 is 0 Å². The van der Waals surface area contributed by atoms with Crippen molar-refractivity contribution < 1.29 is 10.2 Å². The third-order valence-corrected chi connectivity index (χ3v) is 2.61. The number of hydrogen-bond acceptors (Lipinski definition) is 2. The molecular formula is C14H26O2. The quantitative estimate of drug-likeness (QED) is 0.654. The first-order valence-corrected chi connectivity index (χ1v) is 5.99. The predicted molar refractivity (Wildman–Crippen MR) is 69.4 cm³/mol. The van der Waals surface area contributed by atoms with Gasteiger partial charge in [0.2, 0.25) is 0 Å². The lowest BCUT2D eigenvalue weighted by molar-refractivity contribution is -0.00425. The van der Waals surface area contributed by atoms with Crippen LogP contribution in [0.3, 0.4) is 0 Å². The highest BCUT2D eigenvalue weighted by atomic mass is 16.3. The Balaban J connectivity index is 3.83. The molecule has 0 aromatic carbocycles. The second-order valence-corrected chi connectivity index (χ2v) is 5.06. The highest BCUT2D eigenvalue weighted by Crippen LogP contribution is 2.14. The van der Waals surface area contributed by atoms with Gasteiger partial charge in [-0.25, -0.2) is 0 Å². The minimum Gasteiger partial charge on any atom is -0.393 e. The van der Waals surface area contributed by atoms with Gasteiger partial charge in [-0.1, -0.05) is 23.3 Å². The lowest BCUT2D eigenvalue weighted by Gasteiger charge is -2.18. The Bertz CT molecular complexity index is 245. The van der Waals surface area contributed by atoms with Gasteiger partial charge < -0.3 is 10.2 Å². The third kappa shape index (κ3) is 8.69. The van der Waals surface area contributed by atoms with Crippen LogP contribution in [0.25, 0.3) is 0 Å². The minimum absolute atomic E-state index is 0.169. The van der Waals surface area contributed by atoms with E-state index in [4.69, 9.17) is 5.11 Å². The van der Waals surface area contributed by atoms with E-state index >= 15 is 0 Å². The zero-order chi connectivity index (χ0) is 12.6. The van der Waals surface area contributed by atoms with Crippen LogP contribution in [0, 0.1) is 0 Å². The Kier molecular flexibility index (Phi) is 7.35. The van der Waals surface area contributed by atoms with E-state index in [0.717, 1.165) is 19.3 Å². The number of hydrogen-bond donors (Lipinski definition) is 2. The van der Waals surface area contributed by atoms with E-state index in [-0.39, 0.29) is 6.61 Å². The maximum absolute atomic E-state index is 9.60. The van der Waals surface area contributed by atoms with Crippen molar-refractivity contribution in [3.63, 3.8) is 0 Å². The molecule has 2 heteroatoms. The summed E-state index contributed by atoms with van der Waals surface area (Å²) in [6.45, 7) is 7.83. The van der Waals surface area contributed by atoms with Crippen LogP contribution in [-0.4, -0.2) is 22.4 Å². The van der Waals surface area contributed by atoms with E-state index in [9.17, 15) is 5.11 Å². The molecule has 0 aliphatic heterocycles. The first-order chi connectivity index (χ1) is 7.37. The van der Waals surface area contributed by atoms with Gasteiger partial charge in [-0.3, -0.25) is 0 Å². The molecule has 0 heterocycles. The SMILES string of the molecule is CC(C)=CCC/C(C)=C/CC[C@@](C)(O)CO. The molecule has 0 aliphatic rings. The molecule has 0 bridgehead atoms. The third-order valence-electron chi connectivity index (χ3n) is 2.61. The topological polar surface area (TPSA) is 40.5 Å². The average Bonchev–Trinajstić information content (AvgIpc) is 2.17. The van der Waals surface area contributed by atoms with Crippen molar-refractivity contribution in [3.8, 4) is 0 Å². The van der Waals surface area contributed by atoms with Gasteiger partial charge in [0.1, 0.15) is 0 Å². The minimum atomic E-state index is -0.934. The fourth-order valence-corrected chi connectivity index (χ4v) is 1.40. The number of allylic oxidation sites excluding steroid dienone is 4. The van der Waals surface area contributed by atoms with Crippen LogP contribution in [0.1, 0.15) is 53.4 Å². The van der Waals surface area contributed by atoms with Crippen LogP contribution in [0.15, 0.2) is 23.3 Å². The summed E-state index contributed by atoms with van der Waals surface area (Å²) >= 11 is 0. The molecule has 94 valence electrons. The van der Waals surface area contributed by atoms with Crippen molar-refractivity contribution in [3.05, 3.63) is 23.3 Å². The summed E-state index contributed by atoms with van der Waals surface area (Å²) in [6.07, 6.45) is 8.00. The van der Waals surface area contributed by atoms with Gasteiger partial charge in [0.05, 0.1) is 12.2 Å². The lowest BCUT2D eigenvalue weighted by atomic mass is 10.00. The molecule has 0 saturated heterocycles. The summed E-state index contributed by atoms with van der Waals surface area (Å²) in [5.41, 5.74) is 1.78. The fraction of sp³-hybridized carbons (Fsp3) is 0.714. The van der Waals surface area contributed by atoms with E-state index in [1.807, 2.05) is 0 Å². The normalized spacial score (nSPS) is 15.8. The molecule has 0 spiro atoms. The maximum atomic E-state index is 9.60. The van der Waals surface area contributed by atoms with E-state index in [1.54, 1.807) is 6.92 Å². The van der Waals surface area contributed by atoms with Crippen molar-refractivity contribution in [2.75, 3.05) is 6.61 Å². The largest absolute Gasteiger partial charge is 0.393 e. The van der Waals surface area contributed by atoms with E-state index in [0.29, 0.717) is 6.42 Å². The summed E-state index contributed by atoms with van der Waals surface area (Å²) < 4.78 is 0. The second kappa shape index (κ2) is 7.64. The Hall–Kier alpha value is -0.600. The number of aliphatic hydroxyl groups excluding tert-OH is 1. The van der Waals surface area contributed by atoms with Crippen LogP contribution in [0.2, 0.25) is 0 Å². The summed E-state index contributed by atoms with van der Waals surface area (Å²) in [5.74, 6) is 0. The van der Waals surface area contributed by atoms with E-state index in [2.05, 4.69) is 32.9 Å². The molecule has 0 unspecified atom stereocenters. The summed E-state index contributed by atoms with van der Waals surface area (Å²) in [7, 11) is 0. The first-order valence-electron chi connectivity index (χ1n) is 5.99. The van der Waals surface area contributed by atoms with Crippen molar-refractivity contribution in [2.45, 2.75) is 59.0 Å². The van der Waals surface area contributed by atoms with Crippen molar-refractivity contribution in [1.29, 1.82) is 0 Å². The Morgan fingerprint density at radius 1 is 1.12 bits per heavy atom. The molecule has 0 aromatic rings. The standard InChI is InChI=1S/C14H26O2/c1-12(2)7-5-8-13(3)9-6-10-14(4,16)11-15/h7,9,15-16H,5-6,8,10-11H2,1-4H3/b13-9+/t14-/m1/s1. The molecule has 0 aromatic heterocycles. The predicted octanol–water partition coefficient (Wildman–Crippen LogP) is 3.20. The molecule has 0 radical (unpaired) electrons. The summed E-state index contributed by atoms with van der Waals surface area (Å²) in [6, 6.07) is 0. The van der Waals surface area contributed by atoms with Crippen molar-refractivity contribution in [1.82, 2.24) is 0 Å². The molecule has 2 nitrogen and oxygen atoms in total. The highest BCUT2D eigenvalue weighted by Gasteiger charge is 2.16. The zero-order valence-corrected chi connectivity index (χ0v) is 11.1. The van der Waals surface area contributed by atoms with Gasteiger partial charge in [0.15, 0.2) is 0 Å². The molecular weight excluding hydrogens is 200 g/mol. The molecule has 0 fully saturated rings. The van der Waals surface area contributed by atoms with Crippen LogP contribution >= 0.6 is 0 Å². The van der Waals surface area contributed by atoms with Gasteiger partial charge in [0, 0.05) is 0 Å².